The van der Waals surface area contributed by atoms with Crippen LogP contribution in [-0.4, -0.2) is 15.7 Å². The Morgan fingerprint density at radius 2 is 2.05 bits per heavy atom. The molecule has 0 saturated carbocycles. The first kappa shape index (κ1) is 13.9. The van der Waals surface area contributed by atoms with Gasteiger partial charge in [0.05, 0.1) is 17.3 Å². The Hall–Kier alpha value is -2.01. The topological polar surface area (TPSA) is 59.0 Å². The lowest BCUT2D eigenvalue weighted by Gasteiger charge is -2.27. The normalized spacial score (nSPS) is 17.9. The molecular weight excluding hydrogens is 288 g/mol. The third-order valence-electron chi connectivity index (χ3n) is 3.42. The number of nitrogens with zero attached hydrogens (tertiary/aromatic N) is 2. The number of aromatic nitrogens is 2. The van der Waals surface area contributed by atoms with Gasteiger partial charge in [-0.1, -0.05) is 11.6 Å². The third kappa shape index (κ3) is 2.61. The van der Waals surface area contributed by atoms with Crippen molar-refractivity contribution in [3.05, 3.63) is 46.7 Å². The zero-order chi connectivity index (χ0) is 15.2. The summed E-state index contributed by atoms with van der Waals surface area (Å²) < 4.78 is 1.88. The van der Waals surface area contributed by atoms with Crippen LogP contribution in [0.4, 0.5) is 5.69 Å². The van der Waals surface area contributed by atoms with E-state index in [0.29, 0.717) is 10.6 Å². The number of rotatable bonds is 1. The molecule has 0 radical (unpaired) electrons. The number of amides is 1. The van der Waals surface area contributed by atoms with Crippen LogP contribution < -0.4 is 10.6 Å². The fourth-order valence-electron chi connectivity index (χ4n) is 2.25. The molecule has 0 unspecified atom stereocenters. The number of fused-ring (bicyclic) bond motifs is 1. The Labute approximate surface area is 128 Å². The lowest BCUT2D eigenvalue weighted by atomic mass is 10.1. The molecule has 0 spiro atoms. The highest BCUT2D eigenvalue weighted by Gasteiger charge is 2.26. The molecule has 2 heterocycles. The summed E-state index contributed by atoms with van der Waals surface area (Å²) in [5.41, 5.74) is 2.15. The van der Waals surface area contributed by atoms with Crippen LogP contribution in [0.1, 0.15) is 42.9 Å². The van der Waals surface area contributed by atoms with Crippen molar-refractivity contribution in [2.24, 2.45) is 0 Å². The molecule has 0 bridgehead atoms. The molecule has 2 N–H and O–H groups in total. The molecule has 1 amide bonds. The molecule has 1 aromatic heterocycles. The predicted octanol–water partition coefficient (Wildman–Crippen LogP) is 3.15. The van der Waals surface area contributed by atoms with Gasteiger partial charge in [-0.25, -0.2) is 0 Å². The summed E-state index contributed by atoms with van der Waals surface area (Å²) in [6, 6.07) is 5.24. The van der Waals surface area contributed by atoms with Gasteiger partial charge in [0.25, 0.3) is 5.91 Å². The number of anilines is 1. The maximum Gasteiger partial charge on any atom is 0.255 e. The second-order valence-electron chi connectivity index (χ2n) is 6.13. The number of carbonyl (C=O) groups excluding carboxylic acids is 1. The first-order valence-electron chi connectivity index (χ1n) is 6.76. The SMILES string of the molecule is CC(C)(C)n1cc([C@H]2NC(=O)c3cc(Cl)ccc3N2)cn1. The van der Waals surface area contributed by atoms with Crippen LogP contribution in [0, 0.1) is 0 Å². The molecule has 5 nitrogen and oxygen atoms in total. The van der Waals surface area contributed by atoms with E-state index in [1.54, 1.807) is 18.3 Å². The summed E-state index contributed by atoms with van der Waals surface area (Å²) in [6.45, 7) is 6.23. The van der Waals surface area contributed by atoms with Crippen molar-refractivity contribution in [1.29, 1.82) is 0 Å². The number of carbonyl (C=O) groups is 1. The molecule has 2 aromatic rings. The van der Waals surface area contributed by atoms with E-state index >= 15 is 0 Å². The standard InChI is InChI=1S/C15H17ClN4O/c1-15(2,3)20-8-9(7-17-20)13-18-12-5-4-10(16)6-11(12)14(21)19-13/h4-8,13,18H,1-3H3,(H,19,21)/t13-/m1/s1. The maximum absolute atomic E-state index is 12.2. The van der Waals surface area contributed by atoms with Crippen molar-refractivity contribution in [2.45, 2.75) is 32.5 Å². The number of hydrogen-bond donors (Lipinski definition) is 2. The lowest BCUT2D eigenvalue weighted by molar-refractivity contribution is 0.0935. The van der Waals surface area contributed by atoms with Crippen LogP contribution in [0.3, 0.4) is 0 Å². The van der Waals surface area contributed by atoms with Gasteiger partial charge in [0, 0.05) is 22.5 Å². The molecule has 1 atom stereocenters. The van der Waals surface area contributed by atoms with E-state index in [9.17, 15) is 4.79 Å². The monoisotopic (exact) mass is 304 g/mol. The van der Waals surface area contributed by atoms with Gasteiger partial charge in [-0.3, -0.25) is 9.48 Å². The van der Waals surface area contributed by atoms with Crippen LogP contribution in [-0.2, 0) is 5.54 Å². The molecule has 3 rings (SSSR count). The van der Waals surface area contributed by atoms with E-state index in [4.69, 9.17) is 11.6 Å². The molecule has 21 heavy (non-hydrogen) atoms. The summed E-state index contributed by atoms with van der Waals surface area (Å²) in [4.78, 5) is 12.2. The summed E-state index contributed by atoms with van der Waals surface area (Å²) >= 11 is 5.93. The smallest absolute Gasteiger partial charge is 0.255 e. The highest BCUT2D eigenvalue weighted by Crippen LogP contribution is 2.29. The Kier molecular flexibility index (Phi) is 3.17. The van der Waals surface area contributed by atoms with Crippen molar-refractivity contribution >= 4 is 23.2 Å². The van der Waals surface area contributed by atoms with E-state index in [1.165, 1.54) is 0 Å². The van der Waals surface area contributed by atoms with E-state index in [2.05, 4.69) is 36.5 Å². The van der Waals surface area contributed by atoms with Crippen LogP contribution in [0.5, 0.6) is 0 Å². The van der Waals surface area contributed by atoms with Crippen LogP contribution in [0.2, 0.25) is 5.02 Å². The molecule has 1 aliphatic heterocycles. The second-order valence-corrected chi connectivity index (χ2v) is 6.57. The largest absolute Gasteiger partial charge is 0.361 e. The molecule has 0 saturated heterocycles. The Bertz CT molecular complexity index is 702. The Balaban J connectivity index is 1.91. The minimum atomic E-state index is -0.290. The first-order chi connectivity index (χ1) is 9.84. The van der Waals surface area contributed by atoms with Crippen molar-refractivity contribution in [2.75, 3.05) is 5.32 Å². The number of halogens is 1. The molecule has 1 aliphatic rings. The van der Waals surface area contributed by atoms with Crippen molar-refractivity contribution < 1.29 is 4.79 Å². The summed E-state index contributed by atoms with van der Waals surface area (Å²) in [6.07, 6.45) is 3.42. The first-order valence-corrected chi connectivity index (χ1v) is 7.14. The highest BCUT2D eigenvalue weighted by atomic mass is 35.5. The maximum atomic E-state index is 12.2. The zero-order valence-corrected chi connectivity index (χ0v) is 12.9. The van der Waals surface area contributed by atoms with Gasteiger partial charge in [0.2, 0.25) is 0 Å². The summed E-state index contributed by atoms with van der Waals surface area (Å²) in [7, 11) is 0. The molecule has 0 aliphatic carbocycles. The quantitative estimate of drug-likeness (QED) is 0.851. The van der Waals surface area contributed by atoms with Crippen LogP contribution in [0.15, 0.2) is 30.6 Å². The zero-order valence-electron chi connectivity index (χ0n) is 12.1. The fraction of sp³-hybridized carbons (Fsp3) is 0.333. The minimum Gasteiger partial charge on any atom is -0.361 e. The molecule has 110 valence electrons. The molecule has 0 fully saturated rings. The lowest BCUT2D eigenvalue weighted by Crippen LogP contribution is -2.38. The fourth-order valence-corrected chi connectivity index (χ4v) is 2.42. The van der Waals surface area contributed by atoms with Crippen molar-refractivity contribution in [1.82, 2.24) is 15.1 Å². The predicted molar refractivity (Wildman–Crippen MR) is 82.5 cm³/mol. The molecule has 1 aromatic carbocycles. The van der Waals surface area contributed by atoms with Crippen LogP contribution in [0.25, 0.3) is 0 Å². The van der Waals surface area contributed by atoms with E-state index in [0.717, 1.165) is 11.3 Å². The van der Waals surface area contributed by atoms with E-state index in [1.807, 2.05) is 16.9 Å². The average Bonchev–Trinajstić information content (AvgIpc) is 2.89. The molecular formula is C15H17ClN4O. The average molecular weight is 305 g/mol. The van der Waals surface area contributed by atoms with Gasteiger partial charge in [0.15, 0.2) is 0 Å². The molecule has 6 heteroatoms. The van der Waals surface area contributed by atoms with Crippen LogP contribution >= 0.6 is 11.6 Å². The number of benzene rings is 1. The van der Waals surface area contributed by atoms with Gasteiger partial charge in [-0.15, -0.1) is 0 Å². The Morgan fingerprint density at radius 1 is 1.29 bits per heavy atom. The van der Waals surface area contributed by atoms with Gasteiger partial charge in [-0.05, 0) is 39.0 Å². The third-order valence-corrected chi connectivity index (χ3v) is 3.66. The van der Waals surface area contributed by atoms with Crippen molar-refractivity contribution in [3.63, 3.8) is 0 Å². The van der Waals surface area contributed by atoms with E-state index < -0.39 is 0 Å². The van der Waals surface area contributed by atoms with Gasteiger partial charge >= 0.3 is 0 Å². The summed E-state index contributed by atoms with van der Waals surface area (Å²) in [5, 5.41) is 11.1. The highest BCUT2D eigenvalue weighted by molar-refractivity contribution is 6.31. The van der Waals surface area contributed by atoms with E-state index in [-0.39, 0.29) is 17.6 Å². The van der Waals surface area contributed by atoms with Gasteiger partial charge < -0.3 is 10.6 Å². The summed E-state index contributed by atoms with van der Waals surface area (Å²) in [5.74, 6) is -0.139. The van der Waals surface area contributed by atoms with Gasteiger partial charge in [-0.2, -0.15) is 5.10 Å². The Morgan fingerprint density at radius 3 is 2.71 bits per heavy atom. The minimum absolute atomic E-state index is 0.0949. The number of nitrogens with one attached hydrogen (secondary N) is 2. The van der Waals surface area contributed by atoms with Gasteiger partial charge in [0.1, 0.15) is 6.17 Å². The number of hydrogen-bond acceptors (Lipinski definition) is 3. The van der Waals surface area contributed by atoms with Crippen molar-refractivity contribution in [3.8, 4) is 0 Å². The second kappa shape index (κ2) is 4.77.